The molecule has 1 unspecified atom stereocenters. The number of nitrogens with one attached hydrogen (secondary N) is 1. The van der Waals surface area contributed by atoms with Gasteiger partial charge in [0.05, 0.1) is 11.9 Å². The Labute approximate surface area is 120 Å². The maximum absolute atomic E-state index is 11.2. The molecule has 1 aliphatic carbocycles. The fourth-order valence-corrected chi connectivity index (χ4v) is 3.26. The van der Waals surface area contributed by atoms with E-state index in [0.717, 1.165) is 18.0 Å². The van der Waals surface area contributed by atoms with Gasteiger partial charge in [-0.3, -0.25) is 4.68 Å². The zero-order valence-electron chi connectivity index (χ0n) is 12.4. The summed E-state index contributed by atoms with van der Waals surface area (Å²) in [6.07, 6.45) is 9.12. The largest absolute Gasteiger partial charge is 0.478 e. The molecule has 1 aromatic heterocycles. The van der Waals surface area contributed by atoms with Crippen LogP contribution in [-0.2, 0) is 13.6 Å². The predicted octanol–water partition coefficient (Wildman–Crippen LogP) is 2.57. The molecule has 2 N–H and O–H groups in total. The SMILES string of the molecule is CCC(NCc1c(C(=O)O)cnn1C)C1CCCCC1. The third-order valence-corrected chi connectivity index (χ3v) is 4.48. The van der Waals surface area contributed by atoms with Crippen LogP contribution in [0.15, 0.2) is 6.20 Å². The Kier molecular flexibility index (Phi) is 5.17. The third-order valence-electron chi connectivity index (χ3n) is 4.48. The average molecular weight is 279 g/mol. The van der Waals surface area contributed by atoms with E-state index in [1.807, 2.05) is 0 Å². The first-order chi connectivity index (χ1) is 9.63. The van der Waals surface area contributed by atoms with Crippen LogP contribution >= 0.6 is 0 Å². The first-order valence-electron chi connectivity index (χ1n) is 7.61. The van der Waals surface area contributed by atoms with Crippen molar-refractivity contribution in [3.63, 3.8) is 0 Å². The highest BCUT2D eigenvalue weighted by Crippen LogP contribution is 2.28. The van der Waals surface area contributed by atoms with Crippen LogP contribution in [0.25, 0.3) is 0 Å². The number of carbonyl (C=O) groups is 1. The van der Waals surface area contributed by atoms with Crippen molar-refractivity contribution in [2.45, 2.75) is 58.0 Å². The number of aryl methyl sites for hydroxylation is 1. The molecule has 0 amide bonds. The molecule has 0 aromatic carbocycles. The second kappa shape index (κ2) is 6.88. The second-order valence-electron chi connectivity index (χ2n) is 5.73. The van der Waals surface area contributed by atoms with Gasteiger partial charge < -0.3 is 10.4 Å². The molecule has 0 aliphatic heterocycles. The summed E-state index contributed by atoms with van der Waals surface area (Å²) in [5.41, 5.74) is 1.06. The van der Waals surface area contributed by atoms with E-state index in [0.29, 0.717) is 18.2 Å². The molecular formula is C15H25N3O2. The summed E-state index contributed by atoms with van der Waals surface area (Å²) in [5, 5.41) is 16.8. The van der Waals surface area contributed by atoms with Crippen molar-refractivity contribution in [1.29, 1.82) is 0 Å². The van der Waals surface area contributed by atoms with Gasteiger partial charge in [0.15, 0.2) is 0 Å². The van der Waals surface area contributed by atoms with Crippen LogP contribution in [0.4, 0.5) is 0 Å². The monoisotopic (exact) mass is 279 g/mol. The molecule has 5 heteroatoms. The number of carboxylic acid groups (broad SMARTS) is 1. The number of hydrogen-bond donors (Lipinski definition) is 2. The van der Waals surface area contributed by atoms with Crippen LogP contribution in [0.2, 0.25) is 0 Å². The van der Waals surface area contributed by atoms with Crippen LogP contribution in [0.5, 0.6) is 0 Å². The Balaban J connectivity index is 1.99. The minimum absolute atomic E-state index is 0.304. The van der Waals surface area contributed by atoms with Crippen LogP contribution in [0.1, 0.15) is 61.5 Å². The summed E-state index contributed by atoms with van der Waals surface area (Å²) in [4.78, 5) is 11.2. The molecule has 1 aromatic rings. The van der Waals surface area contributed by atoms with Gasteiger partial charge in [-0.25, -0.2) is 4.79 Å². The first-order valence-corrected chi connectivity index (χ1v) is 7.61. The van der Waals surface area contributed by atoms with Crippen molar-refractivity contribution in [3.05, 3.63) is 17.5 Å². The van der Waals surface area contributed by atoms with Crippen LogP contribution in [-0.4, -0.2) is 26.9 Å². The highest BCUT2D eigenvalue weighted by atomic mass is 16.4. The van der Waals surface area contributed by atoms with Crippen molar-refractivity contribution in [2.75, 3.05) is 0 Å². The van der Waals surface area contributed by atoms with E-state index >= 15 is 0 Å². The van der Waals surface area contributed by atoms with Crippen LogP contribution in [0.3, 0.4) is 0 Å². The van der Waals surface area contributed by atoms with Crippen LogP contribution < -0.4 is 5.32 Å². The standard InChI is InChI=1S/C15H25N3O2/c1-3-13(11-7-5-4-6-8-11)16-10-14-12(15(19)20)9-17-18(14)2/h9,11,13,16H,3-8,10H2,1-2H3,(H,19,20). The van der Waals surface area contributed by atoms with E-state index in [1.54, 1.807) is 11.7 Å². The minimum atomic E-state index is -0.902. The van der Waals surface area contributed by atoms with Crippen LogP contribution in [0, 0.1) is 5.92 Å². The van der Waals surface area contributed by atoms with Gasteiger partial charge in [-0.05, 0) is 25.2 Å². The highest BCUT2D eigenvalue weighted by Gasteiger charge is 2.23. The van der Waals surface area contributed by atoms with Gasteiger partial charge in [-0.1, -0.05) is 26.2 Å². The lowest BCUT2D eigenvalue weighted by atomic mass is 9.83. The Morgan fingerprint density at radius 1 is 1.50 bits per heavy atom. The molecule has 112 valence electrons. The molecule has 0 radical (unpaired) electrons. The summed E-state index contributed by atoms with van der Waals surface area (Å²) in [7, 11) is 1.80. The van der Waals surface area contributed by atoms with Gasteiger partial charge in [0.2, 0.25) is 0 Å². The van der Waals surface area contributed by atoms with E-state index in [9.17, 15) is 4.79 Å². The number of carboxylic acids is 1. The maximum Gasteiger partial charge on any atom is 0.339 e. The molecule has 1 saturated carbocycles. The van der Waals surface area contributed by atoms with Gasteiger partial charge in [0.1, 0.15) is 5.56 Å². The lowest BCUT2D eigenvalue weighted by Crippen LogP contribution is -2.37. The lowest BCUT2D eigenvalue weighted by Gasteiger charge is -2.30. The summed E-state index contributed by atoms with van der Waals surface area (Å²) in [6.45, 7) is 2.78. The molecule has 0 saturated heterocycles. The molecule has 1 fully saturated rings. The molecular weight excluding hydrogens is 254 g/mol. The average Bonchev–Trinajstić information content (AvgIpc) is 2.82. The smallest absolute Gasteiger partial charge is 0.339 e. The van der Waals surface area contributed by atoms with Gasteiger partial charge in [0.25, 0.3) is 0 Å². The first kappa shape index (κ1) is 15.0. The number of aromatic carboxylic acids is 1. The number of nitrogens with zero attached hydrogens (tertiary/aromatic N) is 2. The van der Waals surface area contributed by atoms with Crippen molar-refractivity contribution in [2.24, 2.45) is 13.0 Å². The van der Waals surface area contributed by atoms with Crippen molar-refractivity contribution in [1.82, 2.24) is 15.1 Å². The lowest BCUT2D eigenvalue weighted by molar-refractivity contribution is 0.0695. The molecule has 0 bridgehead atoms. The van der Waals surface area contributed by atoms with Gasteiger partial charge >= 0.3 is 5.97 Å². The van der Waals surface area contributed by atoms with E-state index in [2.05, 4.69) is 17.3 Å². The van der Waals surface area contributed by atoms with E-state index in [-0.39, 0.29) is 0 Å². The molecule has 0 spiro atoms. The number of rotatable bonds is 6. The zero-order valence-corrected chi connectivity index (χ0v) is 12.4. The molecule has 1 aliphatic rings. The minimum Gasteiger partial charge on any atom is -0.478 e. The quantitative estimate of drug-likeness (QED) is 0.840. The third kappa shape index (κ3) is 3.39. The van der Waals surface area contributed by atoms with Crippen molar-refractivity contribution in [3.8, 4) is 0 Å². The molecule has 1 atom stereocenters. The molecule has 5 nitrogen and oxygen atoms in total. The van der Waals surface area contributed by atoms with Crippen molar-refractivity contribution < 1.29 is 9.90 Å². The molecule has 1 heterocycles. The number of hydrogen-bond acceptors (Lipinski definition) is 3. The van der Waals surface area contributed by atoms with Gasteiger partial charge in [-0.15, -0.1) is 0 Å². The molecule has 2 rings (SSSR count). The Hall–Kier alpha value is -1.36. The highest BCUT2D eigenvalue weighted by molar-refractivity contribution is 5.88. The normalized spacial score (nSPS) is 18.1. The topological polar surface area (TPSA) is 67.2 Å². The Bertz CT molecular complexity index is 450. The van der Waals surface area contributed by atoms with Crippen molar-refractivity contribution >= 4 is 5.97 Å². The fourth-order valence-electron chi connectivity index (χ4n) is 3.26. The summed E-state index contributed by atoms with van der Waals surface area (Å²) >= 11 is 0. The second-order valence-corrected chi connectivity index (χ2v) is 5.73. The summed E-state index contributed by atoms with van der Waals surface area (Å²) in [6, 6.07) is 0.479. The predicted molar refractivity (Wildman–Crippen MR) is 77.7 cm³/mol. The maximum atomic E-state index is 11.2. The van der Waals surface area contributed by atoms with E-state index < -0.39 is 5.97 Å². The van der Waals surface area contributed by atoms with E-state index in [1.165, 1.54) is 38.3 Å². The summed E-state index contributed by atoms with van der Waals surface area (Å²) < 4.78 is 1.66. The zero-order chi connectivity index (χ0) is 14.5. The van der Waals surface area contributed by atoms with E-state index in [4.69, 9.17) is 5.11 Å². The molecule has 20 heavy (non-hydrogen) atoms. The summed E-state index contributed by atoms with van der Waals surface area (Å²) in [5.74, 6) is -0.170. The fraction of sp³-hybridized carbons (Fsp3) is 0.733. The number of aromatic nitrogens is 2. The van der Waals surface area contributed by atoms with Gasteiger partial charge in [-0.2, -0.15) is 5.10 Å². The Morgan fingerprint density at radius 3 is 2.80 bits per heavy atom. The Morgan fingerprint density at radius 2 is 2.20 bits per heavy atom. The van der Waals surface area contributed by atoms with Gasteiger partial charge in [0, 0.05) is 19.6 Å².